The smallest absolute Gasteiger partial charge is 0.355 e. The number of esters is 1. The molecule has 0 fully saturated rings. The molecular weight excluding hydrogens is 332 g/mol. The lowest BCUT2D eigenvalue weighted by Gasteiger charge is -2.17. The average Bonchev–Trinajstić information content (AvgIpc) is 3.20. The number of fused-ring (bicyclic) bond motifs is 1. The minimum Gasteiger partial charge on any atom is -0.497 e. The number of ether oxygens (including phenoxy) is 2. The quantitative estimate of drug-likeness (QED) is 0.692. The van der Waals surface area contributed by atoms with Crippen molar-refractivity contribution < 1.29 is 19.1 Å². The number of nitrogens with one attached hydrogen (secondary N) is 1. The highest BCUT2D eigenvalue weighted by Gasteiger charge is 2.14. The molecule has 26 heavy (non-hydrogen) atoms. The molecule has 0 unspecified atom stereocenters. The Balaban J connectivity index is 1.59. The van der Waals surface area contributed by atoms with Gasteiger partial charge in [0.2, 0.25) is 0 Å². The molecule has 0 spiro atoms. The Morgan fingerprint density at radius 3 is 2.58 bits per heavy atom. The van der Waals surface area contributed by atoms with Crippen LogP contribution in [-0.2, 0) is 16.1 Å². The number of carbonyl (C=O) groups excluding carboxylic acids is 2. The van der Waals surface area contributed by atoms with E-state index in [1.54, 1.807) is 32.5 Å². The second-order valence-corrected chi connectivity index (χ2v) is 5.96. The van der Waals surface area contributed by atoms with Crippen LogP contribution in [0, 0.1) is 0 Å². The summed E-state index contributed by atoms with van der Waals surface area (Å²) < 4.78 is 10.3. The molecule has 0 saturated heterocycles. The summed E-state index contributed by atoms with van der Waals surface area (Å²) >= 11 is 0. The topological polar surface area (TPSA) is 71.6 Å². The maximum absolute atomic E-state index is 12.2. The summed E-state index contributed by atoms with van der Waals surface area (Å²) in [6, 6.07) is 15.1. The fourth-order valence-corrected chi connectivity index (χ4v) is 2.63. The van der Waals surface area contributed by atoms with Crippen molar-refractivity contribution in [3.8, 4) is 5.75 Å². The standard InChI is InChI=1S/C20H20N2O4/c1-22(19(23)13-26-20(24)18-4-3-9-21-18)12-14-5-6-16-11-17(25-2)8-7-15(16)10-14/h3-11,21H,12-13H2,1-2H3. The molecular formula is C20H20N2O4. The molecule has 3 aromatic rings. The molecule has 0 atom stereocenters. The van der Waals surface area contributed by atoms with Crippen molar-refractivity contribution in [2.75, 3.05) is 20.8 Å². The van der Waals surface area contributed by atoms with Gasteiger partial charge in [-0.05, 0) is 46.7 Å². The second kappa shape index (κ2) is 7.74. The first-order valence-electron chi connectivity index (χ1n) is 8.18. The third kappa shape index (κ3) is 4.03. The minimum absolute atomic E-state index is 0.264. The minimum atomic E-state index is -0.545. The highest BCUT2D eigenvalue weighted by atomic mass is 16.5. The van der Waals surface area contributed by atoms with Gasteiger partial charge in [-0.25, -0.2) is 4.79 Å². The largest absolute Gasteiger partial charge is 0.497 e. The highest BCUT2D eigenvalue weighted by Crippen LogP contribution is 2.22. The molecule has 0 aliphatic carbocycles. The molecule has 6 nitrogen and oxygen atoms in total. The number of aromatic nitrogens is 1. The first kappa shape index (κ1) is 17.5. The van der Waals surface area contributed by atoms with Crippen molar-refractivity contribution in [3.05, 3.63) is 66.0 Å². The van der Waals surface area contributed by atoms with Gasteiger partial charge in [0.15, 0.2) is 6.61 Å². The number of benzene rings is 2. The summed E-state index contributed by atoms with van der Waals surface area (Å²) in [7, 11) is 3.32. The third-order valence-electron chi connectivity index (χ3n) is 4.10. The van der Waals surface area contributed by atoms with Gasteiger partial charge in [-0.1, -0.05) is 18.2 Å². The summed E-state index contributed by atoms with van der Waals surface area (Å²) in [4.78, 5) is 28.2. The normalized spacial score (nSPS) is 10.5. The summed E-state index contributed by atoms with van der Waals surface area (Å²) in [6.07, 6.45) is 1.62. The molecule has 2 aromatic carbocycles. The summed E-state index contributed by atoms with van der Waals surface area (Å²) in [5.74, 6) is -0.00225. The van der Waals surface area contributed by atoms with Crippen molar-refractivity contribution in [2.24, 2.45) is 0 Å². The molecule has 0 bridgehead atoms. The van der Waals surface area contributed by atoms with Gasteiger partial charge < -0.3 is 19.4 Å². The van der Waals surface area contributed by atoms with E-state index in [0.29, 0.717) is 12.2 Å². The Labute approximate surface area is 151 Å². The number of carbonyl (C=O) groups is 2. The SMILES string of the molecule is COc1ccc2cc(CN(C)C(=O)COC(=O)c3ccc[nH]3)ccc2c1. The monoisotopic (exact) mass is 352 g/mol. The Hall–Kier alpha value is -3.28. The maximum Gasteiger partial charge on any atom is 0.355 e. The van der Waals surface area contributed by atoms with Crippen LogP contribution in [0.5, 0.6) is 5.75 Å². The van der Waals surface area contributed by atoms with Crippen molar-refractivity contribution in [1.82, 2.24) is 9.88 Å². The average molecular weight is 352 g/mol. The lowest BCUT2D eigenvalue weighted by Crippen LogP contribution is -2.30. The number of hydrogen-bond acceptors (Lipinski definition) is 4. The number of amides is 1. The summed E-state index contributed by atoms with van der Waals surface area (Å²) in [5, 5.41) is 2.14. The van der Waals surface area contributed by atoms with E-state index in [2.05, 4.69) is 4.98 Å². The van der Waals surface area contributed by atoms with Gasteiger partial charge in [-0.15, -0.1) is 0 Å². The second-order valence-electron chi connectivity index (χ2n) is 5.96. The maximum atomic E-state index is 12.2. The molecule has 6 heteroatoms. The highest BCUT2D eigenvalue weighted by molar-refractivity contribution is 5.89. The van der Waals surface area contributed by atoms with Crippen molar-refractivity contribution in [1.29, 1.82) is 0 Å². The number of likely N-dealkylation sites (N-methyl/N-ethyl adjacent to an activating group) is 1. The van der Waals surface area contributed by atoms with Crippen LogP contribution in [0.3, 0.4) is 0 Å². The van der Waals surface area contributed by atoms with Crippen molar-refractivity contribution in [3.63, 3.8) is 0 Å². The zero-order valence-corrected chi connectivity index (χ0v) is 14.7. The number of nitrogens with zero attached hydrogens (tertiary/aromatic N) is 1. The molecule has 3 rings (SSSR count). The van der Waals surface area contributed by atoms with Gasteiger partial charge in [0.05, 0.1) is 7.11 Å². The van der Waals surface area contributed by atoms with Crippen LogP contribution in [0.25, 0.3) is 10.8 Å². The van der Waals surface area contributed by atoms with Gasteiger partial charge >= 0.3 is 5.97 Å². The fraction of sp³-hybridized carbons (Fsp3) is 0.200. The molecule has 134 valence electrons. The van der Waals surface area contributed by atoms with Crippen LogP contribution < -0.4 is 4.74 Å². The van der Waals surface area contributed by atoms with E-state index in [-0.39, 0.29) is 12.5 Å². The zero-order chi connectivity index (χ0) is 18.5. The zero-order valence-electron chi connectivity index (χ0n) is 14.7. The molecule has 1 amide bonds. The van der Waals surface area contributed by atoms with Gasteiger partial charge in [-0.2, -0.15) is 0 Å². The molecule has 1 N–H and O–H groups in total. The number of H-pyrrole nitrogens is 1. The lowest BCUT2D eigenvalue weighted by atomic mass is 10.1. The number of hydrogen-bond donors (Lipinski definition) is 1. The number of rotatable bonds is 6. The number of methoxy groups -OCH3 is 1. The van der Waals surface area contributed by atoms with Crippen molar-refractivity contribution >= 4 is 22.6 Å². The van der Waals surface area contributed by atoms with E-state index < -0.39 is 5.97 Å². The molecule has 0 aliphatic heterocycles. The van der Waals surface area contributed by atoms with Gasteiger partial charge in [0.1, 0.15) is 11.4 Å². The van der Waals surface area contributed by atoms with Gasteiger partial charge in [0, 0.05) is 19.8 Å². The van der Waals surface area contributed by atoms with Crippen LogP contribution in [0.4, 0.5) is 0 Å². The van der Waals surface area contributed by atoms with E-state index in [1.165, 1.54) is 4.90 Å². The van der Waals surface area contributed by atoms with Crippen LogP contribution >= 0.6 is 0 Å². The van der Waals surface area contributed by atoms with Gasteiger partial charge in [0.25, 0.3) is 5.91 Å². The van der Waals surface area contributed by atoms with E-state index >= 15 is 0 Å². The van der Waals surface area contributed by atoms with Crippen LogP contribution in [0.2, 0.25) is 0 Å². The van der Waals surface area contributed by atoms with E-state index in [4.69, 9.17) is 9.47 Å². The molecule has 0 radical (unpaired) electrons. The third-order valence-corrected chi connectivity index (χ3v) is 4.10. The summed E-state index contributed by atoms with van der Waals surface area (Å²) in [6.45, 7) is 0.139. The first-order valence-corrected chi connectivity index (χ1v) is 8.18. The number of aromatic amines is 1. The van der Waals surface area contributed by atoms with Gasteiger partial charge in [-0.3, -0.25) is 4.79 Å². The van der Waals surface area contributed by atoms with Crippen LogP contribution in [-0.4, -0.2) is 42.5 Å². The summed E-state index contributed by atoms with van der Waals surface area (Å²) in [5.41, 5.74) is 1.32. The fourth-order valence-electron chi connectivity index (χ4n) is 2.63. The Morgan fingerprint density at radius 2 is 1.85 bits per heavy atom. The first-order chi connectivity index (χ1) is 12.6. The van der Waals surface area contributed by atoms with E-state index in [1.807, 2.05) is 36.4 Å². The molecule has 1 heterocycles. The van der Waals surface area contributed by atoms with E-state index in [0.717, 1.165) is 22.1 Å². The lowest BCUT2D eigenvalue weighted by molar-refractivity contribution is -0.133. The van der Waals surface area contributed by atoms with E-state index in [9.17, 15) is 9.59 Å². The predicted octanol–water partition coefficient (Wildman–Crippen LogP) is 2.99. The Morgan fingerprint density at radius 1 is 1.08 bits per heavy atom. The molecule has 0 aliphatic rings. The Kier molecular flexibility index (Phi) is 5.22. The molecule has 0 saturated carbocycles. The van der Waals surface area contributed by atoms with Crippen LogP contribution in [0.15, 0.2) is 54.7 Å². The molecule has 1 aromatic heterocycles. The predicted molar refractivity (Wildman–Crippen MR) is 98.0 cm³/mol. The van der Waals surface area contributed by atoms with Crippen LogP contribution in [0.1, 0.15) is 16.1 Å². The Bertz CT molecular complexity index is 919. The van der Waals surface area contributed by atoms with Crippen molar-refractivity contribution in [2.45, 2.75) is 6.54 Å².